The Labute approximate surface area is 88.3 Å². The maximum absolute atomic E-state index is 5.15. The molecule has 70 valence electrons. The van der Waals surface area contributed by atoms with Crippen LogP contribution in [0.4, 0.5) is 0 Å². The number of halogens is 1. The van der Waals surface area contributed by atoms with Crippen molar-refractivity contribution < 1.29 is 3.07 Å². The molecule has 0 aromatic rings. The minimum atomic E-state index is 0.808. The van der Waals surface area contributed by atoms with Gasteiger partial charge in [-0.25, -0.2) is 0 Å². The molecule has 0 N–H and O–H groups in total. The van der Waals surface area contributed by atoms with E-state index in [0.29, 0.717) is 0 Å². The van der Waals surface area contributed by atoms with Crippen LogP contribution in [0.3, 0.4) is 0 Å². The number of hydrogen-bond acceptors (Lipinski definition) is 2. The van der Waals surface area contributed by atoms with Crippen molar-refractivity contribution in [2.24, 2.45) is 5.92 Å². The van der Waals surface area contributed by atoms with Crippen molar-refractivity contribution in [3.05, 3.63) is 0 Å². The summed E-state index contributed by atoms with van der Waals surface area (Å²) in [5, 5.41) is 0. The number of rotatable bonds is 3. The van der Waals surface area contributed by atoms with Crippen LogP contribution >= 0.6 is 23.0 Å². The fraction of sp³-hybridized carbons (Fsp3) is 1.00. The Morgan fingerprint density at radius 2 is 2.17 bits per heavy atom. The van der Waals surface area contributed by atoms with Crippen LogP contribution in [0, 0.1) is 5.92 Å². The molecule has 0 bridgehead atoms. The summed E-state index contributed by atoms with van der Waals surface area (Å²) in [6.07, 6.45) is 5.68. The average molecular weight is 281 g/mol. The lowest BCUT2D eigenvalue weighted by Crippen LogP contribution is -2.38. The van der Waals surface area contributed by atoms with E-state index in [9.17, 15) is 0 Å². The number of likely N-dealkylation sites (tertiary alicyclic amines) is 1. The molecule has 2 nitrogen and oxygen atoms in total. The minimum absolute atomic E-state index is 0.808. The quantitative estimate of drug-likeness (QED) is 0.736. The van der Waals surface area contributed by atoms with E-state index in [1.165, 1.54) is 38.8 Å². The van der Waals surface area contributed by atoms with E-state index >= 15 is 0 Å². The fourth-order valence-electron chi connectivity index (χ4n) is 2.17. The maximum Gasteiger partial charge on any atom is 0.109 e. The van der Waals surface area contributed by atoms with Gasteiger partial charge in [0.05, 0.1) is 6.61 Å². The molecule has 0 aromatic carbocycles. The zero-order valence-corrected chi connectivity index (χ0v) is 9.50. The number of nitrogens with zero attached hydrogens (tertiary/aromatic N) is 1. The highest BCUT2D eigenvalue weighted by Gasteiger charge is 2.31. The van der Waals surface area contributed by atoms with Crippen molar-refractivity contribution in [1.29, 1.82) is 0 Å². The van der Waals surface area contributed by atoms with Crippen LogP contribution in [0.25, 0.3) is 0 Å². The first-order valence-electron chi connectivity index (χ1n) is 4.87. The second-order valence-electron chi connectivity index (χ2n) is 4.01. The van der Waals surface area contributed by atoms with E-state index in [2.05, 4.69) is 4.90 Å². The normalized spacial score (nSPS) is 32.2. The van der Waals surface area contributed by atoms with Crippen LogP contribution in [-0.2, 0) is 3.07 Å². The molecule has 0 radical (unpaired) electrons. The van der Waals surface area contributed by atoms with E-state index < -0.39 is 0 Å². The van der Waals surface area contributed by atoms with Gasteiger partial charge in [0, 0.05) is 12.6 Å². The molecule has 0 amide bonds. The van der Waals surface area contributed by atoms with Crippen molar-refractivity contribution >= 4 is 23.0 Å². The summed E-state index contributed by atoms with van der Waals surface area (Å²) < 4.78 is 5.15. The zero-order valence-electron chi connectivity index (χ0n) is 7.34. The third-order valence-corrected chi connectivity index (χ3v) is 3.57. The topological polar surface area (TPSA) is 12.5 Å². The summed E-state index contributed by atoms with van der Waals surface area (Å²) in [4.78, 5) is 2.66. The molecule has 12 heavy (non-hydrogen) atoms. The predicted molar refractivity (Wildman–Crippen MR) is 57.3 cm³/mol. The van der Waals surface area contributed by atoms with Gasteiger partial charge in [-0.15, -0.1) is 0 Å². The molecular weight excluding hydrogens is 265 g/mol. The molecule has 3 heteroatoms. The second-order valence-corrected chi connectivity index (χ2v) is 4.63. The lowest BCUT2D eigenvalue weighted by atomic mass is 9.92. The van der Waals surface area contributed by atoms with Gasteiger partial charge in [0.15, 0.2) is 0 Å². The second kappa shape index (κ2) is 4.24. The predicted octanol–water partition coefficient (Wildman–Crippen LogP) is 2.23. The van der Waals surface area contributed by atoms with Gasteiger partial charge in [-0.1, -0.05) is 6.42 Å². The van der Waals surface area contributed by atoms with Crippen LogP contribution in [0.1, 0.15) is 25.7 Å². The average Bonchev–Trinajstić information content (AvgIpc) is 2.34. The third-order valence-electron chi connectivity index (χ3n) is 3.21. The Morgan fingerprint density at radius 3 is 2.75 bits per heavy atom. The Kier molecular flexibility index (Phi) is 3.26. The molecular formula is C9H16INO. The summed E-state index contributed by atoms with van der Waals surface area (Å²) in [7, 11) is 0. The van der Waals surface area contributed by atoms with E-state index in [1.807, 2.05) is 23.0 Å². The van der Waals surface area contributed by atoms with Crippen molar-refractivity contribution in [3.8, 4) is 0 Å². The molecule has 1 saturated carbocycles. The molecule has 2 aliphatic rings. The third kappa shape index (κ3) is 1.93. The highest BCUT2D eigenvalue weighted by Crippen LogP contribution is 2.29. The lowest BCUT2D eigenvalue weighted by molar-refractivity contribution is 0.149. The van der Waals surface area contributed by atoms with Gasteiger partial charge < -0.3 is 7.97 Å². The Bertz CT molecular complexity index is 149. The van der Waals surface area contributed by atoms with Crippen LogP contribution in [-0.4, -0.2) is 30.6 Å². The summed E-state index contributed by atoms with van der Waals surface area (Å²) in [6.45, 7) is 3.55. The van der Waals surface area contributed by atoms with Crippen LogP contribution in [0.5, 0.6) is 0 Å². The summed E-state index contributed by atoms with van der Waals surface area (Å²) in [5.41, 5.74) is 0. The molecule has 0 aromatic heterocycles. The number of hydrogen-bond donors (Lipinski definition) is 0. The van der Waals surface area contributed by atoms with Gasteiger partial charge in [0.1, 0.15) is 23.0 Å². The Morgan fingerprint density at radius 1 is 1.33 bits per heavy atom. The molecule has 1 atom stereocenters. The van der Waals surface area contributed by atoms with Gasteiger partial charge in [-0.2, -0.15) is 0 Å². The minimum Gasteiger partial charge on any atom is -0.315 e. The van der Waals surface area contributed by atoms with E-state index in [4.69, 9.17) is 3.07 Å². The van der Waals surface area contributed by atoms with Gasteiger partial charge >= 0.3 is 0 Å². The molecule has 1 aliphatic carbocycles. The molecule has 2 rings (SSSR count). The monoisotopic (exact) mass is 281 g/mol. The Hall–Kier alpha value is 0.650. The molecule has 1 heterocycles. The van der Waals surface area contributed by atoms with Gasteiger partial charge in [0.2, 0.25) is 0 Å². The zero-order chi connectivity index (χ0) is 8.39. The summed E-state index contributed by atoms with van der Waals surface area (Å²) >= 11 is 2.01. The van der Waals surface area contributed by atoms with Gasteiger partial charge in [-0.3, -0.25) is 0 Å². The van der Waals surface area contributed by atoms with E-state index in [0.717, 1.165) is 18.6 Å². The maximum atomic E-state index is 5.15. The van der Waals surface area contributed by atoms with Gasteiger partial charge in [0.25, 0.3) is 0 Å². The van der Waals surface area contributed by atoms with Crippen molar-refractivity contribution in [2.75, 3.05) is 19.7 Å². The van der Waals surface area contributed by atoms with Crippen molar-refractivity contribution in [1.82, 2.24) is 4.90 Å². The first-order chi connectivity index (χ1) is 5.90. The smallest absolute Gasteiger partial charge is 0.109 e. The SMILES string of the molecule is IOCC1CCN(C2CCC2)C1. The van der Waals surface area contributed by atoms with Crippen LogP contribution in [0.2, 0.25) is 0 Å². The largest absolute Gasteiger partial charge is 0.315 e. The summed E-state index contributed by atoms with van der Waals surface area (Å²) in [6, 6.07) is 0.934. The molecule has 2 fully saturated rings. The standard InChI is InChI=1S/C9H16INO/c10-12-7-8-4-5-11(6-8)9-2-1-3-9/h8-9H,1-7H2. The highest BCUT2D eigenvalue weighted by atomic mass is 127. The van der Waals surface area contributed by atoms with Crippen molar-refractivity contribution in [3.63, 3.8) is 0 Å². The van der Waals surface area contributed by atoms with Crippen molar-refractivity contribution in [2.45, 2.75) is 31.7 Å². The van der Waals surface area contributed by atoms with Gasteiger partial charge in [-0.05, 0) is 31.7 Å². The summed E-state index contributed by atoms with van der Waals surface area (Å²) in [5.74, 6) is 0.808. The molecule has 1 saturated heterocycles. The first-order valence-corrected chi connectivity index (χ1v) is 5.76. The Balaban J connectivity index is 1.73. The fourth-order valence-corrected chi connectivity index (χ4v) is 2.68. The first kappa shape index (κ1) is 9.21. The van der Waals surface area contributed by atoms with Crippen LogP contribution < -0.4 is 0 Å². The van der Waals surface area contributed by atoms with Crippen LogP contribution in [0.15, 0.2) is 0 Å². The molecule has 1 aliphatic heterocycles. The molecule has 1 unspecified atom stereocenters. The molecule has 0 spiro atoms. The highest BCUT2D eigenvalue weighted by molar-refractivity contribution is 14.1. The van der Waals surface area contributed by atoms with E-state index in [1.54, 1.807) is 0 Å². The van der Waals surface area contributed by atoms with E-state index in [-0.39, 0.29) is 0 Å². The lowest BCUT2D eigenvalue weighted by Gasteiger charge is -2.34.